The fraction of sp³-hybridized carbons (Fsp3) is 0.609. The number of aliphatic imine (C=N–C) groups is 1. The van der Waals surface area contributed by atoms with Crippen LogP contribution in [-0.4, -0.2) is 47.5 Å². The molecule has 0 saturated carbocycles. The quantitative estimate of drug-likeness (QED) is 0.356. The number of fused-ring (bicyclic) bond motifs is 1. The van der Waals surface area contributed by atoms with Gasteiger partial charge in [0.15, 0.2) is 5.96 Å². The molecule has 2 aromatic rings. The van der Waals surface area contributed by atoms with Gasteiger partial charge in [-0.2, -0.15) is 0 Å². The molecule has 0 bridgehead atoms. The van der Waals surface area contributed by atoms with Crippen LogP contribution in [0.25, 0.3) is 0 Å². The minimum Gasteiger partial charge on any atom is -0.376 e. The Hall–Kier alpha value is -2.41. The summed E-state index contributed by atoms with van der Waals surface area (Å²) in [5, 5.41) is 15.6. The molecule has 0 radical (unpaired) electrons. The van der Waals surface area contributed by atoms with Crippen LogP contribution in [-0.2, 0) is 30.7 Å². The number of guanidine groups is 1. The Morgan fingerprint density at radius 3 is 2.87 bits per heavy atom. The number of nitrogens with one attached hydrogen (secondary N) is 2. The van der Waals surface area contributed by atoms with Crippen molar-refractivity contribution < 1.29 is 4.74 Å². The number of hydrogen-bond donors (Lipinski definition) is 2. The van der Waals surface area contributed by atoms with E-state index < -0.39 is 0 Å². The van der Waals surface area contributed by atoms with Gasteiger partial charge in [-0.25, -0.2) is 0 Å². The van der Waals surface area contributed by atoms with Gasteiger partial charge in [0.05, 0.1) is 13.2 Å². The zero-order valence-corrected chi connectivity index (χ0v) is 18.4. The molecule has 30 heavy (non-hydrogen) atoms. The third-order valence-electron chi connectivity index (χ3n) is 5.41. The second kappa shape index (κ2) is 12.3. The summed E-state index contributed by atoms with van der Waals surface area (Å²) in [5.74, 6) is 3.53. The first-order valence-electron chi connectivity index (χ1n) is 11.2. The maximum Gasteiger partial charge on any atom is 0.190 e. The van der Waals surface area contributed by atoms with Crippen molar-refractivity contribution in [3.05, 3.63) is 47.5 Å². The Bertz CT molecular complexity index is 773. The molecule has 2 heterocycles. The molecule has 0 aliphatic carbocycles. The molecule has 0 spiro atoms. The average molecular weight is 413 g/mol. The molecular formula is C23H36N6O. The van der Waals surface area contributed by atoms with Gasteiger partial charge in [0.2, 0.25) is 0 Å². The summed E-state index contributed by atoms with van der Waals surface area (Å²) < 4.78 is 8.16. The van der Waals surface area contributed by atoms with E-state index in [0.29, 0.717) is 12.5 Å². The van der Waals surface area contributed by atoms with Crippen molar-refractivity contribution in [1.29, 1.82) is 0 Å². The van der Waals surface area contributed by atoms with Gasteiger partial charge in [0, 0.05) is 39.5 Å². The first kappa shape index (κ1) is 22.3. The lowest BCUT2D eigenvalue weighted by Gasteiger charge is -2.16. The fourth-order valence-corrected chi connectivity index (χ4v) is 3.69. The van der Waals surface area contributed by atoms with E-state index in [4.69, 9.17) is 4.74 Å². The van der Waals surface area contributed by atoms with Crippen molar-refractivity contribution in [3.8, 4) is 0 Å². The first-order chi connectivity index (χ1) is 14.8. The number of ether oxygens (including phenoxy) is 1. The van der Waals surface area contributed by atoms with Crippen LogP contribution in [0, 0.1) is 5.92 Å². The molecule has 1 aromatic carbocycles. The van der Waals surface area contributed by atoms with Crippen molar-refractivity contribution in [2.75, 3.05) is 26.7 Å². The van der Waals surface area contributed by atoms with Crippen LogP contribution >= 0.6 is 0 Å². The van der Waals surface area contributed by atoms with E-state index in [0.717, 1.165) is 63.1 Å². The molecule has 7 nitrogen and oxygen atoms in total. The Kier molecular flexibility index (Phi) is 9.15. The zero-order chi connectivity index (χ0) is 21.0. The van der Waals surface area contributed by atoms with Gasteiger partial charge in [0.25, 0.3) is 0 Å². The van der Waals surface area contributed by atoms with E-state index in [9.17, 15) is 0 Å². The van der Waals surface area contributed by atoms with Crippen LogP contribution in [0.4, 0.5) is 0 Å². The van der Waals surface area contributed by atoms with Crippen LogP contribution < -0.4 is 10.6 Å². The van der Waals surface area contributed by atoms with E-state index in [1.165, 1.54) is 24.8 Å². The molecular weight excluding hydrogens is 376 g/mol. The van der Waals surface area contributed by atoms with Gasteiger partial charge in [0.1, 0.15) is 11.6 Å². The molecule has 0 saturated heterocycles. The maximum atomic E-state index is 5.83. The second-order valence-electron chi connectivity index (χ2n) is 8.08. The number of nitrogens with zero attached hydrogens (tertiary/aromatic N) is 4. The van der Waals surface area contributed by atoms with Gasteiger partial charge in [-0.1, -0.05) is 43.7 Å². The van der Waals surface area contributed by atoms with Crippen LogP contribution in [0.15, 0.2) is 35.3 Å². The van der Waals surface area contributed by atoms with E-state index in [1.54, 1.807) is 0 Å². The van der Waals surface area contributed by atoms with Gasteiger partial charge in [-0.15, -0.1) is 10.2 Å². The fourth-order valence-electron chi connectivity index (χ4n) is 3.69. The van der Waals surface area contributed by atoms with Gasteiger partial charge < -0.3 is 19.9 Å². The lowest BCUT2D eigenvalue weighted by Crippen LogP contribution is -2.40. The molecule has 1 aliphatic heterocycles. The minimum atomic E-state index is 0.402. The van der Waals surface area contributed by atoms with Gasteiger partial charge in [-0.3, -0.25) is 4.99 Å². The normalized spacial score (nSPS) is 15.3. The average Bonchev–Trinajstić information content (AvgIpc) is 3.00. The monoisotopic (exact) mass is 412 g/mol. The largest absolute Gasteiger partial charge is 0.376 e. The van der Waals surface area contributed by atoms with E-state index in [2.05, 4.69) is 49.4 Å². The highest BCUT2D eigenvalue weighted by atomic mass is 16.5. The van der Waals surface area contributed by atoms with Gasteiger partial charge >= 0.3 is 0 Å². The first-order valence-corrected chi connectivity index (χ1v) is 11.2. The summed E-state index contributed by atoms with van der Waals surface area (Å²) >= 11 is 0. The zero-order valence-electron chi connectivity index (χ0n) is 18.4. The highest BCUT2D eigenvalue weighted by Gasteiger charge is 2.14. The molecule has 1 aliphatic rings. The van der Waals surface area contributed by atoms with Crippen molar-refractivity contribution >= 4 is 5.96 Å². The summed E-state index contributed by atoms with van der Waals surface area (Å²) in [6.07, 6.45) is 6.78. The Morgan fingerprint density at radius 2 is 2.03 bits per heavy atom. The second-order valence-corrected chi connectivity index (χ2v) is 8.08. The highest BCUT2D eigenvalue weighted by molar-refractivity contribution is 5.79. The summed E-state index contributed by atoms with van der Waals surface area (Å²) in [6, 6.07) is 10.3. The highest BCUT2D eigenvalue weighted by Crippen LogP contribution is 2.15. The SMILES string of the molecule is CN=C(NCCCc1nnc2n1CCCCC2)NCC(C)COCc1ccccc1. The number of rotatable bonds is 10. The summed E-state index contributed by atoms with van der Waals surface area (Å²) in [4.78, 5) is 4.33. The number of hydrogen-bond acceptors (Lipinski definition) is 4. The summed E-state index contributed by atoms with van der Waals surface area (Å²) in [6.45, 7) is 6.31. The predicted molar refractivity (Wildman–Crippen MR) is 121 cm³/mol. The Balaban J connectivity index is 1.30. The Labute approximate surface area is 180 Å². The molecule has 2 N–H and O–H groups in total. The van der Waals surface area contributed by atoms with E-state index >= 15 is 0 Å². The van der Waals surface area contributed by atoms with Crippen molar-refractivity contribution in [1.82, 2.24) is 25.4 Å². The molecule has 164 valence electrons. The Morgan fingerprint density at radius 1 is 1.17 bits per heavy atom. The smallest absolute Gasteiger partial charge is 0.190 e. The molecule has 1 unspecified atom stereocenters. The van der Waals surface area contributed by atoms with Crippen LogP contribution in [0.2, 0.25) is 0 Å². The van der Waals surface area contributed by atoms with Crippen molar-refractivity contribution in [3.63, 3.8) is 0 Å². The van der Waals surface area contributed by atoms with Crippen molar-refractivity contribution in [2.24, 2.45) is 10.9 Å². The standard InChI is InChI=1S/C23H36N6O/c1-19(17-30-18-20-10-5-3-6-11-20)16-26-23(24-2)25-14-9-13-22-28-27-21-12-7-4-8-15-29(21)22/h3,5-6,10-11,19H,4,7-9,12-18H2,1-2H3,(H2,24,25,26). The number of benzene rings is 1. The molecule has 1 aromatic heterocycles. The lowest BCUT2D eigenvalue weighted by atomic mass is 10.2. The molecule has 0 fully saturated rings. The number of aryl methyl sites for hydroxylation is 2. The summed E-state index contributed by atoms with van der Waals surface area (Å²) in [5.41, 5.74) is 1.21. The van der Waals surface area contributed by atoms with E-state index in [-0.39, 0.29) is 0 Å². The molecule has 7 heteroatoms. The predicted octanol–water partition coefficient (Wildman–Crippen LogP) is 2.96. The number of aromatic nitrogens is 3. The third-order valence-corrected chi connectivity index (χ3v) is 5.41. The van der Waals surface area contributed by atoms with Crippen molar-refractivity contribution in [2.45, 2.75) is 58.6 Å². The van der Waals surface area contributed by atoms with E-state index in [1.807, 2.05) is 25.2 Å². The molecule has 1 atom stereocenters. The molecule has 3 rings (SSSR count). The minimum absolute atomic E-state index is 0.402. The van der Waals surface area contributed by atoms with Crippen LogP contribution in [0.3, 0.4) is 0 Å². The van der Waals surface area contributed by atoms with Crippen LogP contribution in [0.5, 0.6) is 0 Å². The summed E-state index contributed by atoms with van der Waals surface area (Å²) in [7, 11) is 1.81. The topological polar surface area (TPSA) is 76.4 Å². The third kappa shape index (κ3) is 7.13. The van der Waals surface area contributed by atoms with Crippen LogP contribution in [0.1, 0.15) is 49.8 Å². The van der Waals surface area contributed by atoms with Gasteiger partial charge in [-0.05, 0) is 30.7 Å². The lowest BCUT2D eigenvalue weighted by molar-refractivity contribution is 0.0931. The molecule has 0 amide bonds. The maximum absolute atomic E-state index is 5.83.